The van der Waals surface area contributed by atoms with E-state index in [-0.39, 0.29) is 0 Å². The molecule has 1 saturated heterocycles. The second-order valence-electron chi connectivity index (χ2n) is 4.48. The van der Waals surface area contributed by atoms with Gasteiger partial charge in [-0.2, -0.15) is 5.10 Å². The molecular formula is C12H16N4O. The van der Waals surface area contributed by atoms with Gasteiger partial charge in [0.25, 0.3) is 0 Å². The molecule has 5 heteroatoms. The van der Waals surface area contributed by atoms with Crippen molar-refractivity contribution in [1.29, 1.82) is 0 Å². The summed E-state index contributed by atoms with van der Waals surface area (Å²) < 4.78 is 7.44. The average Bonchev–Trinajstić information content (AvgIpc) is 2.74. The van der Waals surface area contributed by atoms with Crippen molar-refractivity contribution in [3.8, 4) is 0 Å². The third-order valence-corrected chi connectivity index (χ3v) is 3.15. The first kappa shape index (κ1) is 10.5. The normalized spacial score (nSPS) is 20.8. The lowest BCUT2D eigenvalue weighted by Crippen LogP contribution is -2.21. The number of rotatable bonds is 2. The number of imidazole rings is 1. The maximum absolute atomic E-state index is 5.85. The van der Waals surface area contributed by atoms with Crippen LogP contribution in [0.3, 0.4) is 0 Å². The summed E-state index contributed by atoms with van der Waals surface area (Å²) in [5, 5.41) is 4.19. The zero-order valence-corrected chi connectivity index (χ0v) is 9.67. The van der Waals surface area contributed by atoms with Crippen LogP contribution in [0.2, 0.25) is 0 Å². The lowest BCUT2D eigenvalue weighted by molar-refractivity contribution is 0.0163. The summed E-state index contributed by atoms with van der Waals surface area (Å²) >= 11 is 0. The molecule has 1 aliphatic heterocycles. The van der Waals surface area contributed by atoms with Gasteiger partial charge in [0, 0.05) is 13.0 Å². The van der Waals surface area contributed by atoms with Gasteiger partial charge in [0.05, 0.1) is 29.9 Å². The minimum Gasteiger partial charge on any atom is -0.396 e. The van der Waals surface area contributed by atoms with Crippen molar-refractivity contribution in [2.45, 2.75) is 31.8 Å². The van der Waals surface area contributed by atoms with Gasteiger partial charge in [-0.25, -0.2) is 9.50 Å². The van der Waals surface area contributed by atoms with E-state index in [0.29, 0.717) is 11.8 Å². The number of nitrogens with zero attached hydrogens (tertiary/aromatic N) is 3. The van der Waals surface area contributed by atoms with Crippen molar-refractivity contribution in [3.05, 3.63) is 24.2 Å². The maximum atomic E-state index is 5.85. The van der Waals surface area contributed by atoms with Crippen molar-refractivity contribution in [3.63, 3.8) is 0 Å². The van der Waals surface area contributed by atoms with Gasteiger partial charge in [0.15, 0.2) is 5.65 Å². The topological polar surface area (TPSA) is 65.4 Å². The summed E-state index contributed by atoms with van der Waals surface area (Å²) in [6.07, 6.45) is 8.32. The number of anilines is 1. The lowest BCUT2D eigenvalue weighted by atomic mass is 10.1. The van der Waals surface area contributed by atoms with Gasteiger partial charge >= 0.3 is 0 Å². The minimum atomic E-state index is 0.301. The molecule has 2 N–H and O–H groups in total. The number of fused-ring (bicyclic) bond motifs is 1. The van der Waals surface area contributed by atoms with Gasteiger partial charge in [0.2, 0.25) is 0 Å². The van der Waals surface area contributed by atoms with Gasteiger partial charge < -0.3 is 10.5 Å². The van der Waals surface area contributed by atoms with Gasteiger partial charge in [-0.1, -0.05) is 0 Å². The highest BCUT2D eigenvalue weighted by Gasteiger charge is 2.16. The van der Waals surface area contributed by atoms with Crippen LogP contribution in [-0.2, 0) is 11.2 Å². The Morgan fingerprint density at radius 2 is 2.41 bits per heavy atom. The highest BCUT2D eigenvalue weighted by atomic mass is 16.5. The van der Waals surface area contributed by atoms with Crippen LogP contribution in [0, 0.1) is 0 Å². The third-order valence-electron chi connectivity index (χ3n) is 3.15. The standard InChI is InChI=1S/C12H16N4O/c13-11-4-5-14-16-8-9(15-12(11)16)7-10-3-1-2-6-17-10/h4-5,8,10H,1-3,6-7,13H2. The second-order valence-corrected chi connectivity index (χ2v) is 4.48. The van der Waals surface area contributed by atoms with E-state index in [1.54, 1.807) is 16.8 Å². The van der Waals surface area contributed by atoms with E-state index < -0.39 is 0 Å². The predicted molar refractivity (Wildman–Crippen MR) is 64.7 cm³/mol. The molecule has 90 valence electrons. The lowest BCUT2D eigenvalue weighted by Gasteiger charge is -2.21. The molecule has 0 spiro atoms. The molecule has 2 aromatic heterocycles. The first-order valence-electron chi connectivity index (χ1n) is 6.03. The molecule has 0 aliphatic carbocycles. The van der Waals surface area contributed by atoms with Crippen LogP contribution < -0.4 is 5.73 Å². The minimum absolute atomic E-state index is 0.301. The number of ether oxygens (including phenoxy) is 1. The van der Waals surface area contributed by atoms with Crippen LogP contribution in [-0.4, -0.2) is 27.3 Å². The van der Waals surface area contributed by atoms with E-state index >= 15 is 0 Å². The average molecular weight is 232 g/mol. The molecular weight excluding hydrogens is 216 g/mol. The van der Waals surface area contributed by atoms with Crippen LogP contribution in [0.1, 0.15) is 25.0 Å². The van der Waals surface area contributed by atoms with Crippen LogP contribution >= 0.6 is 0 Å². The Kier molecular flexibility index (Phi) is 2.68. The first-order valence-corrected chi connectivity index (χ1v) is 6.03. The molecule has 0 bridgehead atoms. The number of nitrogens with two attached hydrogens (primary N) is 1. The Morgan fingerprint density at radius 3 is 3.18 bits per heavy atom. The predicted octanol–water partition coefficient (Wildman–Crippen LogP) is 1.42. The van der Waals surface area contributed by atoms with Crippen LogP contribution in [0.4, 0.5) is 5.69 Å². The van der Waals surface area contributed by atoms with E-state index in [1.165, 1.54) is 12.8 Å². The highest BCUT2D eigenvalue weighted by molar-refractivity contribution is 5.63. The molecule has 0 amide bonds. The molecule has 3 rings (SSSR count). The molecule has 0 radical (unpaired) electrons. The number of aromatic nitrogens is 3. The van der Waals surface area contributed by atoms with E-state index in [1.807, 2.05) is 6.20 Å². The molecule has 1 fully saturated rings. The van der Waals surface area contributed by atoms with Gasteiger partial charge in [-0.05, 0) is 25.3 Å². The molecule has 2 aromatic rings. The monoisotopic (exact) mass is 232 g/mol. The van der Waals surface area contributed by atoms with Crippen molar-refractivity contribution in [2.75, 3.05) is 12.3 Å². The Bertz CT molecular complexity index is 516. The van der Waals surface area contributed by atoms with Crippen molar-refractivity contribution in [2.24, 2.45) is 0 Å². The smallest absolute Gasteiger partial charge is 0.176 e. The molecule has 1 aliphatic rings. The van der Waals surface area contributed by atoms with Gasteiger partial charge in [-0.15, -0.1) is 0 Å². The largest absolute Gasteiger partial charge is 0.396 e. The molecule has 5 nitrogen and oxygen atoms in total. The van der Waals surface area contributed by atoms with Crippen LogP contribution in [0.25, 0.3) is 5.65 Å². The fourth-order valence-corrected chi connectivity index (χ4v) is 2.26. The summed E-state index contributed by atoms with van der Waals surface area (Å²) in [5.74, 6) is 0. The Morgan fingerprint density at radius 1 is 1.47 bits per heavy atom. The first-order chi connectivity index (χ1) is 8.33. The molecule has 17 heavy (non-hydrogen) atoms. The summed E-state index contributed by atoms with van der Waals surface area (Å²) in [7, 11) is 0. The van der Waals surface area contributed by atoms with Crippen molar-refractivity contribution in [1.82, 2.24) is 14.6 Å². The SMILES string of the molecule is Nc1ccnn2cc(CC3CCCCO3)nc12. The van der Waals surface area contributed by atoms with Gasteiger partial charge in [0.1, 0.15) is 0 Å². The van der Waals surface area contributed by atoms with Crippen LogP contribution in [0.5, 0.6) is 0 Å². The summed E-state index contributed by atoms with van der Waals surface area (Å²) in [6, 6.07) is 1.77. The zero-order valence-electron chi connectivity index (χ0n) is 9.67. The van der Waals surface area contributed by atoms with E-state index in [2.05, 4.69) is 10.1 Å². The van der Waals surface area contributed by atoms with Gasteiger partial charge in [-0.3, -0.25) is 0 Å². The summed E-state index contributed by atoms with van der Waals surface area (Å²) in [6.45, 7) is 0.873. The zero-order chi connectivity index (χ0) is 11.7. The van der Waals surface area contributed by atoms with E-state index in [0.717, 1.165) is 30.8 Å². The molecule has 3 heterocycles. The number of hydrogen-bond acceptors (Lipinski definition) is 4. The quantitative estimate of drug-likeness (QED) is 0.850. The Balaban J connectivity index is 1.83. The molecule has 1 unspecified atom stereocenters. The molecule has 1 atom stereocenters. The number of hydrogen-bond donors (Lipinski definition) is 1. The van der Waals surface area contributed by atoms with Crippen LogP contribution in [0.15, 0.2) is 18.5 Å². The summed E-state index contributed by atoms with van der Waals surface area (Å²) in [5.41, 5.74) is 8.25. The Labute approximate surface area is 99.6 Å². The third kappa shape index (κ3) is 2.10. The maximum Gasteiger partial charge on any atom is 0.176 e. The van der Waals surface area contributed by atoms with E-state index in [4.69, 9.17) is 10.5 Å². The fraction of sp³-hybridized carbons (Fsp3) is 0.500. The summed E-state index contributed by atoms with van der Waals surface area (Å²) in [4.78, 5) is 4.50. The highest BCUT2D eigenvalue weighted by Crippen LogP contribution is 2.18. The fourth-order valence-electron chi connectivity index (χ4n) is 2.26. The van der Waals surface area contributed by atoms with Crippen molar-refractivity contribution < 1.29 is 4.74 Å². The molecule has 0 aromatic carbocycles. The second kappa shape index (κ2) is 4.33. The Hall–Kier alpha value is -1.62. The number of nitrogen functional groups attached to an aromatic ring is 1. The molecule has 0 saturated carbocycles. The van der Waals surface area contributed by atoms with E-state index in [9.17, 15) is 0 Å². The van der Waals surface area contributed by atoms with Crippen molar-refractivity contribution >= 4 is 11.3 Å².